The molecule has 0 aliphatic carbocycles. The minimum Gasteiger partial charge on any atom is -0.472 e. The Morgan fingerprint density at radius 2 is 1.76 bits per heavy atom. The van der Waals surface area contributed by atoms with Crippen molar-refractivity contribution in [2.45, 2.75) is 11.9 Å². The molecule has 1 aromatic heterocycles. The highest BCUT2D eigenvalue weighted by molar-refractivity contribution is 7.93. The number of alkyl halides is 3. The predicted molar refractivity (Wildman–Crippen MR) is 71.8 cm³/mol. The van der Waals surface area contributed by atoms with Gasteiger partial charge in [-0.3, -0.25) is 0 Å². The molecule has 0 aliphatic rings. The lowest BCUT2D eigenvalue weighted by molar-refractivity contribution is -0.137. The minimum absolute atomic E-state index is 0.292. The van der Waals surface area contributed by atoms with E-state index in [1.807, 2.05) is 0 Å². The summed E-state index contributed by atoms with van der Waals surface area (Å²) in [4.78, 5) is 0. The maximum atomic E-state index is 12.4. The molecule has 0 N–H and O–H groups in total. The molecule has 0 atom stereocenters. The Hall–Kier alpha value is -2.02. The number of halogens is 3. The molecule has 0 spiro atoms. The zero-order chi connectivity index (χ0) is 15.5. The molecule has 0 unspecified atom stereocenters. The van der Waals surface area contributed by atoms with Crippen molar-refractivity contribution in [1.82, 2.24) is 0 Å². The first-order valence-corrected chi connectivity index (χ1v) is 7.57. The molecule has 0 bridgehead atoms. The highest BCUT2D eigenvalue weighted by atomic mass is 32.2. The molecule has 0 saturated carbocycles. The SMILES string of the molecule is O=S(=O)(/C=C/c1ccoc1)Cc1ccc(C(F)(F)F)cc1. The number of rotatable bonds is 4. The van der Waals surface area contributed by atoms with Gasteiger partial charge in [0.05, 0.1) is 23.8 Å². The molecule has 0 aliphatic heterocycles. The van der Waals surface area contributed by atoms with Crippen LogP contribution in [0.4, 0.5) is 13.2 Å². The van der Waals surface area contributed by atoms with Crippen LogP contribution in [-0.4, -0.2) is 8.42 Å². The lowest BCUT2D eigenvalue weighted by Crippen LogP contribution is -2.05. The van der Waals surface area contributed by atoms with Crippen LogP contribution in [0.1, 0.15) is 16.7 Å². The van der Waals surface area contributed by atoms with Crippen LogP contribution in [0.25, 0.3) is 6.08 Å². The number of hydrogen-bond acceptors (Lipinski definition) is 3. The van der Waals surface area contributed by atoms with E-state index >= 15 is 0 Å². The van der Waals surface area contributed by atoms with E-state index in [-0.39, 0.29) is 5.75 Å². The molecule has 0 saturated heterocycles. The largest absolute Gasteiger partial charge is 0.472 e. The summed E-state index contributed by atoms with van der Waals surface area (Å²) in [6, 6.07) is 5.64. The quantitative estimate of drug-likeness (QED) is 0.860. The molecule has 1 heterocycles. The first kappa shape index (κ1) is 15.4. The lowest BCUT2D eigenvalue weighted by atomic mass is 10.1. The Labute approximate surface area is 119 Å². The summed E-state index contributed by atoms with van der Waals surface area (Å²) in [7, 11) is -3.56. The molecule has 0 fully saturated rings. The van der Waals surface area contributed by atoms with Crippen molar-refractivity contribution in [3.8, 4) is 0 Å². The van der Waals surface area contributed by atoms with Gasteiger partial charge in [-0.15, -0.1) is 0 Å². The zero-order valence-corrected chi connectivity index (χ0v) is 11.5. The van der Waals surface area contributed by atoms with Gasteiger partial charge in [-0.05, 0) is 29.8 Å². The average Bonchev–Trinajstić information content (AvgIpc) is 2.89. The highest BCUT2D eigenvalue weighted by Gasteiger charge is 2.30. The van der Waals surface area contributed by atoms with E-state index in [1.54, 1.807) is 6.07 Å². The fraction of sp³-hybridized carbons (Fsp3) is 0.143. The molecule has 112 valence electrons. The van der Waals surface area contributed by atoms with E-state index in [2.05, 4.69) is 0 Å². The molecule has 7 heteroatoms. The monoisotopic (exact) mass is 316 g/mol. The Morgan fingerprint density at radius 1 is 1.10 bits per heavy atom. The lowest BCUT2D eigenvalue weighted by Gasteiger charge is -2.07. The van der Waals surface area contributed by atoms with Crippen LogP contribution >= 0.6 is 0 Å². The van der Waals surface area contributed by atoms with Gasteiger partial charge >= 0.3 is 6.18 Å². The van der Waals surface area contributed by atoms with Gasteiger partial charge in [-0.25, -0.2) is 8.42 Å². The van der Waals surface area contributed by atoms with E-state index in [0.29, 0.717) is 11.1 Å². The van der Waals surface area contributed by atoms with Crippen molar-refractivity contribution in [2.24, 2.45) is 0 Å². The van der Waals surface area contributed by atoms with Crippen molar-refractivity contribution < 1.29 is 26.0 Å². The summed E-state index contributed by atoms with van der Waals surface area (Å²) in [6.45, 7) is 0. The Balaban J connectivity index is 2.10. The second kappa shape index (κ2) is 5.77. The third-order valence-electron chi connectivity index (χ3n) is 2.66. The van der Waals surface area contributed by atoms with Crippen LogP contribution in [0.15, 0.2) is 52.7 Å². The van der Waals surface area contributed by atoms with Crippen molar-refractivity contribution in [2.75, 3.05) is 0 Å². The smallest absolute Gasteiger partial charge is 0.416 e. The topological polar surface area (TPSA) is 47.3 Å². The maximum absolute atomic E-state index is 12.4. The van der Waals surface area contributed by atoms with Crippen LogP contribution in [0.5, 0.6) is 0 Å². The van der Waals surface area contributed by atoms with Gasteiger partial charge in [0.25, 0.3) is 0 Å². The summed E-state index contributed by atoms with van der Waals surface area (Å²) in [5, 5.41) is 1.01. The van der Waals surface area contributed by atoms with Gasteiger partial charge < -0.3 is 4.42 Å². The van der Waals surface area contributed by atoms with Crippen LogP contribution in [0, 0.1) is 0 Å². The molecule has 0 radical (unpaired) electrons. The van der Waals surface area contributed by atoms with Gasteiger partial charge in [0, 0.05) is 11.0 Å². The first-order chi connectivity index (χ1) is 9.76. The zero-order valence-electron chi connectivity index (χ0n) is 10.7. The second-order valence-corrected chi connectivity index (χ2v) is 6.25. The van der Waals surface area contributed by atoms with E-state index in [4.69, 9.17) is 4.42 Å². The predicted octanol–water partition coefficient (Wildman–Crippen LogP) is 3.88. The molecule has 21 heavy (non-hydrogen) atoms. The van der Waals surface area contributed by atoms with Gasteiger partial charge in [-0.2, -0.15) is 13.2 Å². The van der Waals surface area contributed by atoms with Gasteiger partial charge in [0.1, 0.15) is 0 Å². The molecule has 2 aromatic rings. The van der Waals surface area contributed by atoms with Crippen molar-refractivity contribution in [3.05, 3.63) is 65.0 Å². The third-order valence-corrected chi connectivity index (χ3v) is 3.95. The number of hydrogen-bond donors (Lipinski definition) is 0. The third kappa shape index (κ3) is 4.49. The number of sulfone groups is 1. The van der Waals surface area contributed by atoms with Gasteiger partial charge in [-0.1, -0.05) is 12.1 Å². The molecule has 0 amide bonds. The summed E-state index contributed by atoms with van der Waals surface area (Å²) >= 11 is 0. The van der Waals surface area contributed by atoms with Crippen molar-refractivity contribution in [3.63, 3.8) is 0 Å². The van der Waals surface area contributed by atoms with E-state index in [0.717, 1.165) is 29.7 Å². The van der Waals surface area contributed by atoms with Crippen LogP contribution in [0.3, 0.4) is 0 Å². The van der Waals surface area contributed by atoms with Crippen LogP contribution in [-0.2, 0) is 21.8 Å². The summed E-state index contributed by atoms with van der Waals surface area (Å²) < 4.78 is 65.7. The van der Waals surface area contributed by atoms with Crippen molar-refractivity contribution in [1.29, 1.82) is 0 Å². The minimum atomic E-state index is -4.43. The molecular formula is C14H11F3O3S. The first-order valence-electron chi connectivity index (χ1n) is 5.85. The highest BCUT2D eigenvalue weighted by Crippen LogP contribution is 2.29. The van der Waals surface area contributed by atoms with E-state index < -0.39 is 21.6 Å². The van der Waals surface area contributed by atoms with E-state index in [9.17, 15) is 21.6 Å². The molecule has 3 nitrogen and oxygen atoms in total. The van der Waals surface area contributed by atoms with Crippen molar-refractivity contribution >= 4 is 15.9 Å². The van der Waals surface area contributed by atoms with Gasteiger partial charge in [0.15, 0.2) is 9.84 Å². The van der Waals surface area contributed by atoms with Crippen LogP contribution in [0.2, 0.25) is 0 Å². The second-order valence-electron chi connectivity index (χ2n) is 4.36. The standard InChI is InChI=1S/C14H11F3O3S/c15-14(16,17)13-3-1-12(2-4-13)10-21(18,19)8-6-11-5-7-20-9-11/h1-9H,10H2/b8-6+. The molecular weight excluding hydrogens is 305 g/mol. The maximum Gasteiger partial charge on any atom is 0.416 e. The molecule has 1 aromatic carbocycles. The Kier molecular flexibility index (Phi) is 4.22. The van der Waals surface area contributed by atoms with Crippen LogP contribution < -0.4 is 0 Å². The number of benzene rings is 1. The average molecular weight is 316 g/mol. The van der Waals surface area contributed by atoms with Gasteiger partial charge in [0.2, 0.25) is 0 Å². The number of furan rings is 1. The summed E-state index contributed by atoms with van der Waals surface area (Å²) in [6.07, 6.45) is -0.284. The Bertz CT molecular complexity index is 712. The normalized spacial score (nSPS) is 12.9. The summed E-state index contributed by atoms with van der Waals surface area (Å²) in [5.41, 5.74) is 0.0726. The summed E-state index contributed by atoms with van der Waals surface area (Å²) in [5.74, 6) is -0.362. The van der Waals surface area contributed by atoms with E-state index in [1.165, 1.54) is 18.6 Å². The Morgan fingerprint density at radius 3 is 2.29 bits per heavy atom. The fourth-order valence-corrected chi connectivity index (χ4v) is 2.74. The fourth-order valence-electron chi connectivity index (χ4n) is 1.62. The molecule has 2 rings (SSSR count).